The second kappa shape index (κ2) is 7.64. The maximum atomic E-state index is 11.6. The lowest BCUT2D eigenvalue weighted by Gasteiger charge is -2.09. The number of hydrogen-bond donors (Lipinski definition) is 3. The van der Waals surface area contributed by atoms with Crippen LogP contribution in [0.3, 0.4) is 0 Å². The van der Waals surface area contributed by atoms with Crippen LogP contribution in [0.2, 0.25) is 0 Å². The monoisotopic (exact) mass is 341 g/mol. The standard InChI is InChI=1S/C13H16BrN3O3/c1-8(2)15-12(19)13(20)17-16-11(18)7-9-3-5-10(14)6-4-9/h3-6,8H,7H2,1-2H3,(H,15,19)(H,16,18)(H,17,20). The Balaban J connectivity index is 2.38. The first kappa shape index (κ1) is 16.2. The maximum absolute atomic E-state index is 11.6. The normalized spacial score (nSPS) is 10.0. The first-order chi connectivity index (χ1) is 9.38. The van der Waals surface area contributed by atoms with E-state index in [0.717, 1.165) is 10.0 Å². The van der Waals surface area contributed by atoms with Gasteiger partial charge < -0.3 is 5.32 Å². The van der Waals surface area contributed by atoms with Crippen LogP contribution in [0.15, 0.2) is 28.7 Å². The van der Waals surface area contributed by atoms with Gasteiger partial charge in [-0.25, -0.2) is 0 Å². The van der Waals surface area contributed by atoms with Gasteiger partial charge in [0.25, 0.3) is 0 Å². The van der Waals surface area contributed by atoms with Gasteiger partial charge in [0, 0.05) is 10.5 Å². The van der Waals surface area contributed by atoms with Crippen molar-refractivity contribution in [2.24, 2.45) is 0 Å². The van der Waals surface area contributed by atoms with Crippen molar-refractivity contribution in [3.8, 4) is 0 Å². The van der Waals surface area contributed by atoms with Crippen molar-refractivity contribution in [1.82, 2.24) is 16.2 Å². The van der Waals surface area contributed by atoms with E-state index in [9.17, 15) is 14.4 Å². The lowest BCUT2D eigenvalue weighted by atomic mass is 10.1. The average Bonchev–Trinajstić information content (AvgIpc) is 2.38. The van der Waals surface area contributed by atoms with Gasteiger partial charge in [-0.2, -0.15) is 0 Å². The van der Waals surface area contributed by atoms with Crippen LogP contribution in [-0.2, 0) is 20.8 Å². The summed E-state index contributed by atoms with van der Waals surface area (Å²) in [5, 5.41) is 2.41. The molecule has 6 nitrogen and oxygen atoms in total. The summed E-state index contributed by atoms with van der Waals surface area (Å²) in [6.45, 7) is 3.47. The number of rotatable bonds is 3. The summed E-state index contributed by atoms with van der Waals surface area (Å²) in [7, 11) is 0. The molecule has 3 amide bonds. The van der Waals surface area contributed by atoms with Crippen molar-refractivity contribution < 1.29 is 14.4 Å². The largest absolute Gasteiger partial charge is 0.346 e. The third-order valence-electron chi connectivity index (χ3n) is 2.22. The van der Waals surface area contributed by atoms with Crippen molar-refractivity contribution >= 4 is 33.7 Å². The lowest BCUT2D eigenvalue weighted by Crippen LogP contribution is -2.50. The van der Waals surface area contributed by atoms with Gasteiger partial charge in [-0.15, -0.1) is 0 Å². The minimum Gasteiger partial charge on any atom is -0.346 e. The minimum absolute atomic E-state index is 0.110. The highest BCUT2D eigenvalue weighted by Crippen LogP contribution is 2.10. The summed E-state index contributed by atoms with van der Waals surface area (Å²) in [6.07, 6.45) is 0.110. The van der Waals surface area contributed by atoms with Gasteiger partial charge in [-0.3, -0.25) is 25.2 Å². The van der Waals surface area contributed by atoms with E-state index in [-0.39, 0.29) is 12.5 Å². The molecule has 0 spiro atoms. The number of amides is 3. The highest BCUT2D eigenvalue weighted by molar-refractivity contribution is 9.10. The summed E-state index contributed by atoms with van der Waals surface area (Å²) >= 11 is 3.29. The van der Waals surface area contributed by atoms with Gasteiger partial charge in [-0.1, -0.05) is 28.1 Å². The molecule has 0 aliphatic carbocycles. The Labute approximate surface area is 125 Å². The second-order valence-electron chi connectivity index (χ2n) is 4.43. The fourth-order valence-corrected chi connectivity index (χ4v) is 1.61. The minimum atomic E-state index is -0.900. The van der Waals surface area contributed by atoms with Crippen molar-refractivity contribution in [2.45, 2.75) is 26.3 Å². The van der Waals surface area contributed by atoms with E-state index in [2.05, 4.69) is 32.1 Å². The molecule has 7 heteroatoms. The molecule has 3 N–H and O–H groups in total. The number of hydrogen-bond acceptors (Lipinski definition) is 3. The second-order valence-corrected chi connectivity index (χ2v) is 5.35. The van der Waals surface area contributed by atoms with E-state index in [4.69, 9.17) is 0 Å². The molecule has 0 fully saturated rings. The molecular formula is C13H16BrN3O3. The molecular weight excluding hydrogens is 326 g/mol. The Morgan fingerprint density at radius 3 is 2.20 bits per heavy atom. The van der Waals surface area contributed by atoms with Crippen LogP contribution in [0, 0.1) is 0 Å². The molecule has 0 aliphatic heterocycles. The molecule has 0 bridgehead atoms. The third-order valence-corrected chi connectivity index (χ3v) is 2.75. The molecule has 0 radical (unpaired) electrons. The molecule has 0 aliphatic rings. The van der Waals surface area contributed by atoms with Crippen LogP contribution in [0.4, 0.5) is 0 Å². The SMILES string of the molecule is CC(C)NC(=O)C(=O)NNC(=O)Cc1ccc(Br)cc1. The van der Waals surface area contributed by atoms with Crippen LogP contribution in [0.25, 0.3) is 0 Å². The van der Waals surface area contributed by atoms with Gasteiger partial charge in [0.15, 0.2) is 0 Å². The molecule has 0 aromatic heterocycles. The highest BCUT2D eigenvalue weighted by Gasteiger charge is 2.14. The number of benzene rings is 1. The smallest absolute Gasteiger partial charge is 0.327 e. The third kappa shape index (κ3) is 5.83. The van der Waals surface area contributed by atoms with E-state index in [1.165, 1.54) is 0 Å². The molecule has 108 valence electrons. The molecule has 1 rings (SSSR count). The predicted molar refractivity (Wildman–Crippen MR) is 77.4 cm³/mol. The van der Waals surface area contributed by atoms with Crippen LogP contribution in [0.1, 0.15) is 19.4 Å². The molecule has 0 saturated carbocycles. The van der Waals surface area contributed by atoms with E-state index in [0.29, 0.717) is 0 Å². The predicted octanol–water partition coefficient (Wildman–Crippen LogP) is 0.664. The lowest BCUT2D eigenvalue weighted by molar-refractivity contribution is -0.141. The Hall–Kier alpha value is -1.89. The summed E-state index contributed by atoms with van der Waals surface area (Å²) in [4.78, 5) is 34.2. The molecule has 1 aromatic carbocycles. The van der Waals surface area contributed by atoms with Crippen molar-refractivity contribution in [3.63, 3.8) is 0 Å². The molecule has 0 atom stereocenters. The van der Waals surface area contributed by atoms with Crippen molar-refractivity contribution in [3.05, 3.63) is 34.3 Å². The quantitative estimate of drug-likeness (QED) is 0.557. The van der Waals surface area contributed by atoms with E-state index in [1.807, 2.05) is 12.1 Å². The first-order valence-electron chi connectivity index (χ1n) is 6.02. The zero-order valence-corrected chi connectivity index (χ0v) is 12.8. The van der Waals surface area contributed by atoms with Crippen LogP contribution >= 0.6 is 15.9 Å². The Kier molecular flexibility index (Phi) is 6.17. The Morgan fingerprint density at radius 1 is 1.05 bits per heavy atom. The fraction of sp³-hybridized carbons (Fsp3) is 0.308. The molecule has 0 saturated heterocycles. The summed E-state index contributed by atoms with van der Waals surface area (Å²) < 4.78 is 0.917. The zero-order valence-electron chi connectivity index (χ0n) is 11.2. The van der Waals surface area contributed by atoms with Gasteiger partial charge in [0.1, 0.15) is 0 Å². The number of nitrogens with one attached hydrogen (secondary N) is 3. The van der Waals surface area contributed by atoms with E-state index in [1.54, 1.807) is 26.0 Å². The topological polar surface area (TPSA) is 87.3 Å². The first-order valence-corrected chi connectivity index (χ1v) is 6.82. The summed E-state index contributed by atoms with van der Waals surface area (Å²) in [5.74, 6) is -2.09. The van der Waals surface area contributed by atoms with Gasteiger partial charge in [0.05, 0.1) is 6.42 Å². The Morgan fingerprint density at radius 2 is 1.65 bits per heavy atom. The number of carbonyl (C=O) groups excluding carboxylic acids is 3. The highest BCUT2D eigenvalue weighted by atomic mass is 79.9. The molecule has 0 heterocycles. The Bertz CT molecular complexity index is 500. The van der Waals surface area contributed by atoms with Gasteiger partial charge in [-0.05, 0) is 31.5 Å². The van der Waals surface area contributed by atoms with Crippen molar-refractivity contribution in [2.75, 3.05) is 0 Å². The van der Waals surface area contributed by atoms with Gasteiger partial charge in [0.2, 0.25) is 5.91 Å². The van der Waals surface area contributed by atoms with E-state index >= 15 is 0 Å². The number of halogens is 1. The van der Waals surface area contributed by atoms with Crippen LogP contribution in [-0.4, -0.2) is 23.8 Å². The average molecular weight is 342 g/mol. The number of carbonyl (C=O) groups is 3. The van der Waals surface area contributed by atoms with Crippen LogP contribution in [0.5, 0.6) is 0 Å². The fourth-order valence-electron chi connectivity index (χ4n) is 1.34. The van der Waals surface area contributed by atoms with Gasteiger partial charge >= 0.3 is 11.8 Å². The maximum Gasteiger partial charge on any atom is 0.327 e. The summed E-state index contributed by atoms with van der Waals surface area (Å²) in [6, 6.07) is 7.06. The zero-order chi connectivity index (χ0) is 15.1. The van der Waals surface area contributed by atoms with Crippen LogP contribution < -0.4 is 16.2 Å². The molecule has 0 unspecified atom stereocenters. The number of hydrazine groups is 1. The molecule has 1 aromatic rings. The molecule has 20 heavy (non-hydrogen) atoms. The van der Waals surface area contributed by atoms with Crippen molar-refractivity contribution in [1.29, 1.82) is 0 Å². The van der Waals surface area contributed by atoms with E-state index < -0.39 is 17.7 Å². The summed E-state index contributed by atoms with van der Waals surface area (Å²) in [5.41, 5.74) is 5.05.